The maximum absolute atomic E-state index is 4.23. The Morgan fingerprint density at radius 3 is 2.50 bits per heavy atom. The summed E-state index contributed by atoms with van der Waals surface area (Å²) in [7, 11) is 0. The Morgan fingerprint density at radius 1 is 1.50 bits per heavy atom. The van der Waals surface area contributed by atoms with E-state index < -0.39 is 0 Å². The third kappa shape index (κ3) is 5.54. The molecule has 0 saturated carbocycles. The zero-order valence-electron chi connectivity index (χ0n) is 7.39. The number of nitrogens with zero attached hydrogens (tertiary/aromatic N) is 1. The van der Waals surface area contributed by atoms with Gasteiger partial charge in [-0.1, -0.05) is 19.9 Å². The maximum atomic E-state index is 4.23. The molecule has 0 bridgehead atoms. The predicted octanol–water partition coefficient (Wildman–Crippen LogP) is 2.68. The van der Waals surface area contributed by atoms with E-state index in [2.05, 4.69) is 31.0 Å². The van der Waals surface area contributed by atoms with Gasteiger partial charge in [0.25, 0.3) is 0 Å². The van der Waals surface area contributed by atoms with Gasteiger partial charge in [0.05, 0.1) is 0 Å². The van der Waals surface area contributed by atoms with Crippen molar-refractivity contribution in [3.8, 4) is 0 Å². The molecule has 0 N–H and O–H groups in total. The smallest absolute Gasteiger partial charge is 0.0364 e. The van der Waals surface area contributed by atoms with Gasteiger partial charge in [-0.3, -0.25) is 4.99 Å². The Kier molecular flexibility index (Phi) is 4.91. The molecule has 1 nitrogen and oxygen atoms in total. The molecule has 0 heterocycles. The highest BCUT2D eigenvalue weighted by Gasteiger charge is 1.84. The molecule has 0 radical (unpaired) electrons. The van der Waals surface area contributed by atoms with E-state index >= 15 is 0 Å². The fourth-order valence-electron chi connectivity index (χ4n) is 0.634. The van der Waals surface area contributed by atoms with Gasteiger partial charge in [-0.2, -0.15) is 0 Å². The van der Waals surface area contributed by atoms with Crippen molar-refractivity contribution in [2.75, 3.05) is 6.54 Å². The molecule has 0 saturated heterocycles. The molecule has 0 atom stereocenters. The number of hydrogen-bond acceptors (Lipinski definition) is 1. The average Bonchev–Trinajstić information content (AvgIpc) is 1.85. The lowest BCUT2D eigenvalue weighted by Crippen LogP contribution is -1.87. The SMILES string of the molecule is CCN=C(C)/C=C\C(C)C. The van der Waals surface area contributed by atoms with Crippen LogP contribution in [-0.4, -0.2) is 12.3 Å². The first-order valence-electron chi connectivity index (χ1n) is 3.86. The van der Waals surface area contributed by atoms with Crippen molar-refractivity contribution in [2.45, 2.75) is 27.7 Å². The Hall–Kier alpha value is -0.590. The van der Waals surface area contributed by atoms with Crippen molar-refractivity contribution in [3.05, 3.63) is 12.2 Å². The molecule has 58 valence electrons. The molecule has 0 aliphatic carbocycles. The Bertz CT molecular complexity index is 132. The second-order valence-corrected chi connectivity index (χ2v) is 2.72. The van der Waals surface area contributed by atoms with Crippen LogP contribution in [0.2, 0.25) is 0 Å². The maximum Gasteiger partial charge on any atom is 0.0364 e. The van der Waals surface area contributed by atoms with Gasteiger partial charge in [-0.15, -0.1) is 0 Å². The van der Waals surface area contributed by atoms with Crippen LogP contribution >= 0.6 is 0 Å². The lowest BCUT2D eigenvalue weighted by atomic mass is 10.2. The standard InChI is InChI=1S/C9H17N/c1-5-10-9(4)7-6-8(2)3/h6-8H,5H2,1-4H3/b7-6-,10-9?. The fraction of sp³-hybridized carbons (Fsp3) is 0.667. The normalized spacial score (nSPS) is 13.5. The molecular formula is C9H17N. The molecule has 1 heteroatoms. The topological polar surface area (TPSA) is 12.4 Å². The molecular weight excluding hydrogens is 122 g/mol. The van der Waals surface area contributed by atoms with E-state index in [0.717, 1.165) is 12.3 Å². The van der Waals surface area contributed by atoms with Gasteiger partial charge in [0, 0.05) is 12.3 Å². The average molecular weight is 139 g/mol. The monoisotopic (exact) mass is 139 g/mol. The summed E-state index contributed by atoms with van der Waals surface area (Å²) in [5.41, 5.74) is 1.12. The molecule has 0 rings (SSSR count). The summed E-state index contributed by atoms with van der Waals surface area (Å²) < 4.78 is 0. The highest BCUT2D eigenvalue weighted by molar-refractivity contribution is 5.92. The largest absolute Gasteiger partial charge is 0.290 e. The fourth-order valence-corrected chi connectivity index (χ4v) is 0.634. The first-order chi connectivity index (χ1) is 4.66. The van der Waals surface area contributed by atoms with Crippen LogP contribution in [0.25, 0.3) is 0 Å². The van der Waals surface area contributed by atoms with E-state index in [9.17, 15) is 0 Å². The highest BCUT2D eigenvalue weighted by atomic mass is 14.7. The number of aliphatic imine (C=N–C) groups is 1. The summed E-state index contributed by atoms with van der Waals surface area (Å²) in [4.78, 5) is 4.23. The van der Waals surface area contributed by atoms with Crippen molar-refractivity contribution in [3.63, 3.8) is 0 Å². The first-order valence-corrected chi connectivity index (χ1v) is 3.86. The van der Waals surface area contributed by atoms with Gasteiger partial charge in [0.2, 0.25) is 0 Å². The van der Waals surface area contributed by atoms with E-state index in [0.29, 0.717) is 5.92 Å². The third-order valence-corrected chi connectivity index (χ3v) is 1.13. The number of rotatable bonds is 3. The van der Waals surface area contributed by atoms with Crippen LogP contribution in [0.1, 0.15) is 27.7 Å². The minimum atomic E-state index is 0.627. The van der Waals surface area contributed by atoms with Crippen molar-refractivity contribution in [1.29, 1.82) is 0 Å². The molecule has 0 aromatic carbocycles. The minimum Gasteiger partial charge on any atom is -0.290 e. The lowest BCUT2D eigenvalue weighted by Gasteiger charge is -1.93. The molecule has 0 aromatic heterocycles. The van der Waals surface area contributed by atoms with Gasteiger partial charge in [-0.25, -0.2) is 0 Å². The van der Waals surface area contributed by atoms with Crippen LogP contribution < -0.4 is 0 Å². The molecule has 0 aromatic rings. The van der Waals surface area contributed by atoms with Crippen molar-refractivity contribution in [2.24, 2.45) is 10.9 Å². The quantitative estimate of drug-likeness (QED) is 0.533. The van der Waals surface area contributed by atoms with Crippen molar-refractivity contribution >= 4 is 5.71 Å². The summed E-state index contributed by atoms with van der Waals surface area (Å²) in [6, 6.07) is 0. The molecule has 10 heavy (non-hydrogen) atoms. The van der Waals surface area contributed by atoms with Crippen LogP contribution in [-0.2, 0) is 0 Å². The number of allylic oxidation sites excluding steroid dienone is 2. The van der Waals surface area contributed by atoms with Crippen LogP contribution in [0, 0.1) is 5.92 Å². The van der Waals surface area contributed by atoms with Gasteiger partial charge in [0.1, 0.15) is 0 Å². The van der Waals surface area contributed by atoms with Gasteiger partial charge >= 0.3 is 0 Å². The molecule has 0 aliphatic rings. The highest BCUT2D eigenvalue weighted by Crippen LogP contribution is 1.93. The molecule has 0 amide bonds. The molecule has 0 unspecified atom stereocenters. The second-order valence-electron chi connectivity index (χ2n) is 2.72. The van der Waals surface area contributed by atoms with Gasteiger partial charge < -0.3 is 0 Å². The molecule has 0 spiro atoms. The summed E-state index contributed by atoms with van der Waals surface area (Å²) >= 11 is 0. The van der Waals surface area contributed by atoms with Crippen molar-refractivity contribution < 1.29 is 0 Å². The van der Waals surface area contributed by atoms with E-state index in [-0.39, 0.29) is 0 Å². The van der Waals surface area contributed by atoms with E-state index in [1.54, 1.807) is 0 Å². The Labute approximate surface area is 63.9 Å². The lowest BCUT2D eigenvalue weighted by molar-refractivity contribution is 0.832. The first kappa shape index (κ1) is 9.41. The van der Waals surface area contributed by atoms with Gasteiger partial charge in [0.15, 0.2) is 0 Å². The number of hydrogen-bond donors (Lipinski definition) is 0. The summed E-state index contributed by atoms with van der Waals surface area (Å²) in [5, 5.41) is 0. The van der Waals surface area contributed by atoms with Crippen LogP contribution in [0.3, 0.4) is 0 Å². The minimum absolute atomic E-state index is 0.627. The van der Waals surface area contributed by atoms with Crippen LogP contribution in [0.4, 0.5) is 0 Å². The van der Waals surface area contributed by atoms with Crippen LogP contribution in [0.5, 0.6) is 0 Å². The van der Waals surface area contributed by atoms with E-state index in [1.807, 2.05) is 13.8 Å². The molecule has 0 fully saturated rings. The zero-order valence-corrected chi connectivity index (χ0v) is 7.39. The van der Waals surface area contributed by atoms with Gasteiger partial charge in [-0.05, 0) is 25.8 Å². The summed E-state index contributed by atoms with van der Waals surface area (Å²) in [6.07, 6.45) is 4.24. The third-order valence-electron chi connectivity index (χ3n) is 1.13. The van der Waals surface area contributed by atoms with E-state index in [4.69, 9.17) is 0 Å². The summed E-state index contributed by atoms with van der Waals surface area (Å²) in [6.45, 7) is 9.29. The molecule has 0 aliphatic heterocycles. The zero-order chi connectivity index (χ0) is 7.98. The Balaban J connectivity index is 3.77. The van der Waals surface area contributed by atoms with Crippen molar-refractivity contribution in [1.82, 2.24) is 0 Å². The predicted molar refractivity (Wildman–Crippen MR) is 47.6 cm³/mol. The van der Waals surface area contributed by atoms with E-state index in [1.165, 1.54) is 0 Å². The Morgan fingerprint density at radius 2 is 2.10 bits per heavy atom. The second kappa shape index (κ2) is 5.21. The summed E-state index contributed by atoms with van der Waals surface area (Å²) in [5.74, 6) is 0.627. The van der Waals surface area contributed by atoms with Crippen LogP contribution in [0.15, 0.2) is 17.1 Å².